The average Bonchev–Trinajstić information content (AvgIpc) is 3.07. The van der Waals surface area contributed by atoms with Gasteiger partial charge in [0, 0.05) is 22.8 Å². The summed E-state index contributed by atoms with van der Waals surface area (Å²) >= 11 is 0. The zero-order chi connectivity index (χ0) is 14.1. The number of hydrogen-bond acceptors (Lipinski definition) is 3. The fraction of sp³-hybridized carbons (Fsp3) is 0.0714. The second kappa shape index (κ2) is 4.65. The van der Waals surface area contributed by atoms with Gasteiger partial charge in [0.2, 0.25) is 0 Å². The highest BCUT2D eigenvalue weighted by Gasteiger charge is 2.11. The molecule has 0 saturated carbocycles. The van der Waals surface area contributed by atoms with Gasteiger partial charge in [-0.2, -0.15) is 5.10 Å². The SMILES string of the molecule is CC(=O)c1c[nH]c(C(=O)Nc2ccc3cn[nH]c3c2)c1. The first-order chi connectivity index (χ1) is 9.63. The number of nitrogens with one attached hydrogen (secondary N) is 3. The molecule has 6 nitrogen and oxygen atoms in total. The highest BCUT2D eigenvalue weighted by Crippen LogP contribution is 2.17. The van der Waals surface area contributed by atoms with E-state index in [2.05, 4.69) is 20.5 Å². The molecule has 1 amide bonds. The van der Waals surface area contributed by atoms with Gasteiger partial charge in [-0.25, -0.2) is 0 Å². The van der Waals surface area contributed by atoms with Gasteiger partial charge in [0.05, 0.1) is 11.7 Å². The van der Waals surface area contributed by atoms with Crippen molar-refractivity contribution >= 4 is 28.3 Å². The van der Waals surface area contributed by atoms with Crippen molar-refractivity contribution in [3.8, 4) is 0 Å². The van der Waals surface area contributed by atoms with Crippen LogP contribution in [0.4, 0.5) is 5.69 Å². The molecule has 20 heavy (non-hydrogen) atoms. The molecular weight excluding hydrogens is 256 g/mol. The molecule has 0 fully saturated rings. The summed E-state index contributed by atoms with van der Waals surface area (Å²) in [6.45, 7) is 1.46. The van der Waals surface area contributed by atoms with Crippen molar-refractivity contribution in [2.75, 3.05) is 5.32 Å². The second-order valence-corrected chi connectivity index (χ2v) is 4.48. The highest BCUT2D eigenvalue weighted by molar-refractivity contribution is 6.05. The van der Waals surface area contributed by atoms with E-state index < -0.39 is 0 Å². The van der Waals surface area contributed by atoms with Crippen LogP contribution >= 0.6 is 0 Å². The first-order valence-electron chi connectivity index (χ1n) is 6.07. The number of Topliss-reactive ketones (excluding diaryl/α,β-unsaturated/α-hetero) is 1. The Morgan fingerprint density at radius 3 is 2.85 bits per heavy atom. The Kier molecular flexibility index (Phi) is 2.83. The van der Waals surface area contributed by atoms with Gasteiger partial charge in [0.25, 0.3) is 5.91 Å². The molecule has 3 N–H and O–H groups in total. The molecule has 0 aliphatic carbocycles. The number of aromatic nitrogens is 3. The zero-order valence-electron chi connectivity index (χ0n) is 10.7. The van der Waals surface area contributed by atoms with Gasteiger partial charge in [-0.1, -0.05) is 0 Å². The lowest BCUT2D eigenvalue weighted by atomic mass is 10.2. The van der Waals surface area contributed by atoms with Crippen molar-refractivity contribution in [2.24, 2.45) is 0 Å². The lowest BCUT2D eigenvalue weighted by Crippen LogP contribution is -2.12. The summed E-state index contributed by atoms with van der Waals surface area (Å²) in [6.07, 6.45) is 3.24. The molecule has 6 heteroatoms. The molecule has 0 radical (unpaired) electrons. The summed E-state index contributed by atoms with van der Waals surface area (Å²) in [5.74, 6) is -0.379. The van der Waals surface area contributed by atoms with Crippen LogP contribution in [-0.2, 0) is 0 Å². The number of ketones is 1. The maximum Gasteiger partial charge on any atom is 0.272 e. The molecule has 3 aromatic rings. The third kappa shape index (κ3) is 2.18. The molecule has 2 aromatic heterocycles. The number of benzene rings is 1. The summed E-state index contributed by atoms with van der Waals surface area (Å²) in [5, 5.41) is 10.5. The van der Waals surface area contributed by atoms with Crippen molar-refractivity contribution in [1.29, 1.82) is 0 Å². The smallest absolute Gasteiger partial charge is 0.272 e. The largest absolute Gasteiger partial charge is 0.356 e. The van der Waals surface area contributed by atoms with Gasteiger partial charge >= 0.3 is 0 Å². The van der Waals surface area contributed by atoms with Gasteiger partial charge in [-0.05, 0) is 31.2 Å². The number of carbonyl (C=O) groups excluding carboxylic acids is 2. The summed E-state index contributed by atoms with van der Waals surface area (Å²) in [6, 6.07) is 7.00. The van der Waals surface area contributed by atoms with E-state index in [1.165, 1.54) is 19.2 Å². The predicted molar refractivity (Wildman–Crippen MR) is 74.8 cm³/mol. The highest BCUT2D eigenvalue weighted by atomic mass is 16.2. The summed E-state index contributed by atoms with van der Waals surface area (Å²) in [7, 11) is 0. The minimum atomic E-state index is -0.295. The number of anilines is 1. The quantitative estimate of drug-likeness (QED) is 0.637. The Labute approximate surface area is 114 Å². The molecule has 0 bridgehead atoms. The molecule has 0 saturated heterocycles. The number of H-pyrrole nitrogens is 2. The zero-order valence-corrected chi connectivity index (χ0v) is 10.7. The van der Waals surface area contributed by atoms with Crippen molar-refractivity contribution in [3.05, 3.63) is 47.9 Å². The van der Waals surface area contributed by atoms with Crippen molar-refractivity contribution in [3.63, 3.8) is 0 Å². The first kappa shape index (κ1) is 12.2. The Morgan fingerprint density at radius 1 is 1.25 bits per heavy atom. The molecule has 1 aromatic carbocycles. The van der Waals surface area contributed by atoms with Crippen LogP contribution in [0.5, 0.6) is 0 Å². The second-order valence-electron chi connectivity index (χ2n) is 4.48. The van der Waals surface area contributed by atoms with Crippen LogP contribution in [0.1, 0.15) is 27.8 Å². The van der Waals surface area contributed by atoms with Gasteiger partial charge in [0.1, 0.15) is 5.69 Å². The Balaban J connectivity index is 1.82. The first-order valence-corrected chi connectivity index (χ1v) is 6.07. The summed E-state index contributed by atoms with van der Waals surface area (Å²) in [5.41, 5.74) is 2.34. The molecule has 0 unspecified atom stereocenters. The number of carbonyl (C=O) groups is 2. The summed E-state index contributed by atoms with van der Waals surface area (Å²) in [4.78, 5) is 26.0. The third-order valence-electron chi connectivity index (χ3n) is 3.03. The standard InChI is InChI=1S/C14H12N4O2/c1-8(19)10-4-13(15-6-10)14(20)17-11-3-2-9-7-16-18-12(9)5-11/h2-7,15H,1H3,(H,16,18)(H,17,20). The summed E-state index contributed by atoms with van der Waals surface area (Å²) < 4.78 is 0. The minimum absolute atomic E-state index is 0.0841. The van der Waals surface area contributed by atoms with Gasteiger partial charge < -0.3 is 10.3 Å². The van der Waals surface area contributed by atoms with Crippen molar-refractivity contribution < 1.29 is 9.59 Å². The topological polar surface area (TPSA) is 90.6 Å². The fourth-order valence-electron chi connectivity index (χ4n) is 1.94. The van der Waals surface area contributed by atoms with Crippen LogP contribution in [0, 0.1) is 0 Å². The molecule has 3 rings (SSSR count). The molecule has 0 atom stereocenters. The van der Waals surface area contributed by atoms with Crippen LogP contribution in [-0.4, -0.2) is 26.9 Å². The fourth-order valence-corrected chi connectivity index (χ4v) is 1.94. The predicted octanol–water partition coefficient (Wildman–Crippen LogP) is 2.35. The van der Waals surface area contributed by atoms with Gasteiger partial charge in [0.15, 0.2) is 5.78 Å². The van der Waals surface area contributed by atoms with Crippen LogP contribution < -0.4 is 5.32 Å². The monoisotopic (exact) mass is 268 g/mol. The number of hydrogen-bond donors (Lipinski definition) is 3. The number of aromatic amines is 2. The lowest BCUT2D eigenvalue weighted by molar-refractivity contribution is 0.101. The molecule has 100 valence electrons. The van der Waals surface area contributed by atoms with Crippen LogP contribution in [0.2, 0.25) is 0 Å². The minimum Gasteiger partial charge on any atom is -0.356 e. The van der Waals surface area contributed by atoms with Crippen molar-refractivity contribution in [2.45, 2.75) is 6.92 Å². The van der Waals surface area contributed by atoms with Crippen molar-refractivity contribution in [1.82, 2.24) is 15.2 Å². The Bertz CT molecular complexity index is 800. The number of amides is 1. The number of nitrogens with zero attached hydrogens (tertiary/aromatic N) is 1. The third-order valence-corrected chi connectivity index (χ3v) is 3.03. The normalized spacial score (nSPS) is 10.7. The molecule has 2 heterocycles. The van der Waals surface area contributed by atoms with E-state index in [1.54, 1.807) is 18.3 Å². The lowest BCUT2D eigenvalue weighted by Gasteiger charge is -2.03. The molecular formula is C14H12N4O2. The maximum atomic E-state index is 12.0. The average molecular weight is 268 g/mol. The van der Waals surface area contributed by atoms with Crippen LogP contribution in [0.25, 0.3) is 10.9 Å². The van der Waals surface area contributed by atoms with E-state index in [-0.39, 0.29) is 11.7 Å². The van der Waals surface area contributed by atoms with Crippen LogP contribution in [0.3, 0.4) is 0 Å². The number of fused-ring (bicyclic) bond motifs is 1. The Hall–Kier alpha value is -2.89. The van der Waals surface area contributed by atoms with E-state index in [4.69, 9.17) is 0 Å². The van der Waals surface area contributed by atoms with E-state index in [0.29, 0.717) is 16.9 Å². The van der Waals surface area contributed by atoms with Gasteiger partial charge in [-0.15, -0.1) is 0 Å². The van der Waals surface area contributed by atoms with Crippen LogP contribution in [0.15, 0.2) is 36.7 Å². The molecule has 0 aliphatic heterocycles. The van der Waals surface area contributed by atoms with E-state index in [1.807, 2.05) is 6.07 Å². The maximum absolute atomic E-state index is 12.0. The molecule has 0 spiro atoms. The van der Waals surface area contributed by atoms with E-state index in [0.717, 1.165) is 10.9 Å². The molecule has 0 aliphatic rings. The van der Waals surface area contributed by atoms with E-state index >= 15 is 0 Å². The van der Waals surface area contributed by atoms with Gasteiger partial charge in [-0.3, -0.25) is 14.7 Å². The van der Waals surface area contributed by atoms with E-state index in [9.17, 15) is 9.59 Å². The Morgan fingerprint density at radius 2 is 2.10 bits per heavy atom. The number of rotatable bonds is 3.